The summed E-state index contributed by atoms with van der Waals surface area (Å²) in [6.07, 6.45) is 0.833. The first-order chi connectivity index (χ1) is 6.65. The van der Waals surface area contributed by atoms with Crippen LogP contribution in [0, 0.1) is 5.92 Å². The summed E-state index contributed by atoms with van der Waals surface area (Å²) in [7, 11) is 1.31. The van der Waals surface area contributed by atoms with Gasteiger partial charge in [-0.1, -0.05) is 0 Å². The van der Waals surface area contributed by atoms with Gasteiger partial charge < -0.3 is 15.4 Å². The zero-order valence-electron chi connectivity index (χ0n) is 8.91. The fourth-order valence-corrected chi connectivity index (χ4v) is 1.45. The van der Waals surface area contributed by atoms with E-state index in [0.717, 1.165) is 13.0 Å². The van der Waals surface area contributed by atoms with Gasteiger partial charge in [0.1, 0.15) is 6.04 Å². The number of hydrogen-bond donors (Lipinski definition) is 2. The summed E-state index contributed by atoms with van der Waals surface area (Å²) in [6.45, 7) is 3.18. The molecule has 0 aromatic heterocycles. The van der Waals surface area contributed by atoms with Crippen molar-refractivity contribution in [1.82, 2.24) is 10.6 Å². The van der Waals surface area contributed by atoms with Crippen LogP contribution >= 0.6 is 12.4 Å². The zero-order chi connectivity index (χ0) is 10.6. The number of ether oxygens (including phenoxy) is 1. The SMILES string of the molecule is COC(=O)C(C)NC(=O)[C@@H]1CCNC1.Cl. The van der Waals surface area contributed by atoms with E-state index in [2.05, 4.69) is 15.4 Å². The fourth-order valence-electron chi connectivity index (χ4n) is 1.45. The van der Waals surface area contributed by atoms with Gasteiger partial charge in [-0.15, -0.1) is 12.4 Å². The largest absolute Gasteiger partial charge is 0.467 e. The average Bonchev–Trinajstić information content (AvgIpc) is 2.69. The lowest BCUT2D eigenvalue weighted by Crippen LogP contribution is -2.42. The molecule has 2 N–H and O–H groups in total. The van der Waals surface area contributed by atoms with Gasteiger partial charge in [-0.05, 0) is 19.9 Å². The van der Waals surface area contributed by atoms with Gasteiger partial charge >= 0.3 is 5.97 Å². The molecule has 1 aliphatic heterocycles. The molecule has 88 valence electrons. The maximum absolute atomic E-state index is 11.5. The number of halogens is 1. The molecule has 5 nitrogen and oxygen atoms in total. The predicted octanol–water partition coefficient (Wildman–Crippen LogP) is -0.305. The summed E-state index contributed by atoms with van der Waals surface area (Å²) < 4.78 is 4.51. The molecule has 15 heavy (non-hydrogen) atoms. The minimum Gasteiger partial charge on any atom is -0.467 e. The van der Waals surface area contributed by atoms with Crippen molar-refractivity contribution < 1.29 is 14.3 Å². The third kappa shape index (κ3) is 4.05. The van der Waals surface area contributed by atoms with Crippen molar-refractivity contribution in [2.24, 2.45) is 5.92 Å². The molecule has 1 heterocycles. The van der Waals surface area contributed by atoms with Crippen LogP contribution in [-0.2, 0) is 14.3 Å². The smallest absolute Gasteiger partial charge is 0.328 e. The third-order valence-corrected chi connectivity index (χ3v) is 2.34. The van der Waals surface area contributed by atoms with Crippen LogP contribution in [0.4, 0.5) is 0 Å². The molecular formula is C9H17ClN2O3. The molecular weight excluding hydrogens is 220 g/mol. The Morgan fingerprint density at radius 2 is 2.20 bits per heavy atom. The first-order valence-electron chi connectivity index (χ1n) is 4.74. The standard InChI is InChI=1S/C9H16N2O3.ClH/c1-6(9(13)14-2)11-8(12)7-3-4-10-5-7;/h6-7,10H,3-5H2,1-2H3,(H,11,12);1H/t6?,7-;/m1./s1. The molecule has 0 bridgehead atoms. The normalized spacial score (nSPS) is 21.3. The minimum atomic E-state index is -0.562. The monoisotopic (exact) mass is 236 g/mol. The van der Waals surface area contributed by atoms with Crippen molar-refractivity contribution in [3.05, 3.63) is 0 Å². The first kappa shape index (κ1) is 14.2. The number of nitrogens with one attached hydrogen (secondary N) is 2. The van der Waals surface area contributed by atoms with Crippen LogP contribution < -0.4 is 10.6 Å². The Morgan fingerprint density at radius 3 is 2.67 bits per heavy atom. The van der Waals surface area contributed by atoms with Crippen LogP contribution in [0.1, 0.15) is 13.3 Å². The van der Waals surface area contributed by atoms with Crippen molar-refractivity contribution in [3.63, 3.8) is 0 Å². The number of rotatable bonds is 3. The highest BCUT2D eigenvalue weighted by atomic mass is 35.5. The van der Waals surface area contributed by atoms with Crippen LogP contribution in [0.5, 0.6) is 0 Å². The lowest BCUT2D eigenvalue weighted by Gasteiger charge is -2.14. The first-order valence-corrected chi connectivity index (χ1v) is 4.74. The third-order valence-electron chi connectivity index (χ3n) is 2.34. The number of esters is 1. The van der Waals surface area contributed by atoms with Crippen molar-refractivity contribution in [3.8, 4) is 0 Å². The molecule has 0 aliphatic carbocycles. The highest BCUT2D eigenvalue weighted by Crippen LogP contribution is 2.07. The van der Waals surface area contributed by atoms with E-state index in [0.29, 0.717) is 6.54 Å². The van der Waals surface area contributed by atoms with Gasteiger partial charge in [-0.3, -0.25) is 4.79 Å². The molecule has 0 aromatic rings. The van der Waals surface area contributed by atoms with Crippen LogP contribution in [0.15, 0.2) is 0 Å². The molecule has 1 aliphatic rings. The summed E-state index contributed by atoms with van der Waals surface area (Å²) >= 11 is 0. The van der Waals surface area contributed by atoms with Crippen LogP contribution in [0.2, 0.25) is 0 Å². The molecule has 0 saturated carbocycles. The Morgan fingerprint density at radius 1 is 1.53 bits per heavy atom. The van der Waals surface area contributed by atoms with Crippen LogP contribution in [0.25, 0.3) is 0 Å². The minimum absolute atomic E-state index is 0. The van der Waals surface area contributed by atoms with E-state index in [4.69, 9.17) is 0 Å². The van der Waals surface area contributed by atoms with Crippen molar-refractivity contribution in [2.75, 3.05) is 20.2 Å². The van der Waals surface area contributed by atoms with Gasteiger partial charge in [0.15, 0.2) is 0 Å². The second-order valence-electron chi connectivity index (χ2n) is 3.44. The number of carbonyl (C=O) groups is 2. The number of amides is 1. The fraction of sp³-hybridized carbons (Fsp3) is 0.778. The molecule has 6 heteroatoms. The topological polar surface area (TPSA) is 67.4 Å². The zero-order valence-corrected chi connectivity index (χ0v) is 9.73. The lowest BCUT2D eigenvalue weighted by atomic mass is 10.1. The number of methoxy groups -OCH3 is 1. The molecule has 1 amide bonds. The second-order valence-corrected chi connectivity index (χ2v) is 3.44. The molecule has 1 fully saturated rings. The van der Waals surface area contributed by atoms with E-state index in [1.807, 2.05) is 0 Å². The summed E-state index contributed by atoms with van der Waals surface area (Å²) in [5, 5.41) is 5.71. The quantitative estimate of drug-likeness (QED) is 0.660. The van der Waals surface area contributed by atoms with Crippen molar-refractivity contribution in [1.29, 1.82) is 0 Å². The molecule has 1 rings (SSSR count). The van der Waals surface area contributed by atoms with Crippen molar-refractivity contribution in [2.45, 2.75) is 19.4 Å². The average molecular weight is 237 g/mol. The van der Waals surface area contributed by atoms with Gasteiger partial charge in [0.25, 0.3) is 0 Å². The second kappa shape index (κ2) is 6.63. The van der Waals surface area contributed by atoms with Gasteiger partial charge in [-0.25, -0.2) is 4.79 Å². The molecule has 1 saturated heterocycles. The van der Waals surface area contributed by atoms with Gasteiger partial charge in [0.2, 0.25) is 5.91 Å². The maximum Gasteiger partial charge on any atom is 0.328 e. The highest BCUT2D eigenvalue weighted by molar-refractivity contribution is 5.86. The Kier molecular flexibility index (Phi) is 6.27. The number of carbonyl (C=O) groups excluding carboxylic acids is 2. The maximum atomic E-state index is 11.5. The Bertz CT molecular complexity index is 229. The Labute approximate surface area is 95.3 Å². The van der Waals surface area contributed by atoms with E-state index in [-0.39, 0.29) is 24.2 Å². The molecule has 0 aromatic carbocycles. The molecule has 0 spiro atoms. The lowest BCUT2D eigenvalue weighted by molar-refractivity contribution is -0.144. The predicted molar refractivity (Wildman–Crippen MR) is 57.8 cm³/mol. The summed E-state index contributed by atoms with van der Waals surface area (Å²) in [5.74, 6) is -0.501. The van der Waals surface area contributed by atoms with E-state index in [9.17, 15) is 9.59 Å². The van der Waals surface area contributed by atoms with Crippen LogP contribution in [0.3, 0.4) is 0 Å². The molecule has 2 atom stereocenters. The molecule has 0 radical (unpaired) electrons. The van der Waals surface area contributed by atoms with E-state index < -0.39 is 12.0 Å². The van der Waals surface area contributed by atoms with Gasteiger partial charge in [0, 0.05) is 6.54 Å². The van der Waals surface area contributed by atoms with Gasteiger partial charge in [-0.2, -0.15) is 0 Å². The van der Waals surface area contributed by atoms with E-state index in [1.54, 1.807) is 6.92 Å². The summed E-state index contributed by atoms with van der Waals surface area (Å²) in [6, 6.07) is -0.562. The number of hydrogen-bond acceptors (Lipinski definition) is 4. The van der Waals surface area contributed by atoms with Crippen LogP contribution in [-0.4, -0.2) is 38.1 Å². The van der Waals surface area contributed by atoms with Gasteiger partial charge in [0.05, 0.1) is 13.0 Å². The van der Waals surface area contributed by atoms with E-state index in [1.165, 1.54) is 7.11 Å². The Hall–Kier alpha value is -0.810. The molecule has 1 unspecified atom stereocenters. The highest BCUT2D eigenvalue weighted by Gasteiger charge is 2.25. The van der Waals surface area contributed by atoms with Crippen molar-refractivity contribution >= 4 is 24.3 Å². The summed E-state index contributed by atoms with van der Waals surface area (Å²) in [5.41, 5.74) is 0. The Balaban J connectivity index is 0.00000196. The van der Waals surface area contributed by atoms with E-state index >= 15 is 0 Å². The summed E-state index contributed by atoms with van der Waals surface area (Å²) in [4.78, 5) is 22.5.